The number of thiophene rings is 1. The van der Waals surface area contributed by atoms with Crippen LogP contribution in [0.2, 0.25) is 0 Å². The molecule has 0 spiro atoms. The highest BCUT2D eigenvalue weighted by Gasteiger charge is 2.11. The van der Waals surface area contributed by atoms with Gasteiger partial charge in [-0.2, -0.15) is 10.1 Å². The monoisotopic (exact) mass is 233 g/mol. The summed E-state index contributed by atoms with van der Waals surface area (Å²) in [5.74, 6) is 1.53. The average Bonchev–Trinajstić information content (AvgIpc) is 2.99. The molecule has 0 fully saturated rings. The fourth-order valence-corrected chi connectivity index (χ4v) is 1.99. The fraction of sp³-hybridized carbons (Fsp3) is 0.111. The number of hydrogen-bond donors (Lipinski definition) is 1. The van der Waals surface area contributed by atoms with Gasteiger partial charge in [0, 0.05) is 4.88 Å². The molecule has 3 aromatic heterocycles. The van der Waals surface area contributed by atoms with E-state index in [0.717, 1.165) is 0 Å². The Morgan fingerprint density at radius 1 is 1.44 bits per heavy atom. The summed E-state index contributed by atoms with van der Waals surface area (Å²) >= 11 is 1.66. The van der Waals surface area contributed by atoms with Crippen molar-refractivity contribution in [1.29, 1.82) is 0 Å². The van der Waals surface area contributed by atoms with Gasteiger partial charge in [0.15, 0.2) is 5.82 Å². The summed E-state index contributed by atoms with van der Waals surface area (Å²) in [7, 11) is 0. The van der Waals surface area contributed by atoms with Gasteiger partial charge in [-0.1, -0.05) is 11.2 Å². The number of aromatic nitrogens is 5. The molecule has 80 valence electrons. The van der Waals surface area contributed by atoms with E-state index in [4.69, 9.17) is 4.52 Å². The first-order valence-electron chi connectivity index (χ1n) is 4.62. The Hall–Kier alpha value is -2.02. The molecule has 0 aliphatic carbocycles. The molecule has 0 radical (unpaired) electrons. The summed E-state index contributed by atoms with van der Waals surface area (Å²) in [5.41, 5.74) is 0. The quantitative estimate of drug-likeness (QED) is 0.741. The van der Waals surface area contributed by atoms with Gasteiger partial charge in [0.2, 0.25) is 11.7 Å². The Kier molecular flexibility index (Phi) is 2.22. The number of nitrogens with one attached hydrogen (secondary N) is 1. The van der Waals surface area contributed by atoms with E-state index < -0.39 is 0 Å². The van der Waals surface area contributed by atoms with E-state index in [2.05, 4.69) is 25.3 Å². The zero-order chi connectivity index (χ0) is 10.8. The largest absolute Gasteiger partial charge is 0.338 e. The molecule has 0 aliphatic rings. The fourth-order valence-electron chi connectivity index (χ4n) is 1.30. The lowest BCUT2D eigenvalue weighted by Gasteiger charge is -1.87. The summed E-state index contributed by atoms with van der Waals surface area (Å²) in [6, 6.07) is 4.02. The molecule has 1 N–H and O–H groups in total. The predicted octanol–water partition coefficient (Wildman–Crippen LogP) is 1.51. The van der Waals surface area contributed by atoms with Gasteiger partial charge in [-0.15, -0.1) is 11.3 Å². The molecule has 0 atom stereocenters. The Morgan fingerprint density at radius 3 is 3.19 bits per heavy atom. The van der Waals surface area contributed by atoms with Gasteiger partial charge in [0.25, 0.3) is 0 Å². The van der Waals surface area contributed by atoms with E-state index in [-0.39, 0.29) is 0 Å². The van der Waals surface area contributed by atoms with E-state index >= 15 is 0 Å². The second-order valence-corrected chi connectivity index (χ2v) is 4.13. The first kappa shape index (κ1) is 9.22. The SMILES string of the molecule is c1csc(Cc2nc(-c3ncn[nH]3)no2)c1. The maximum Gasteiger partial charge on any atom is 0.239 e. The minimum Gasteiger partial charge on any atom is -0.338 e. The number of rotatable bonds is 3. The molecule has 0 aliphatic heterocycles. The third-order valence-corrected chi connectivity index (χ3v) is 2.88. The van der Waals surface area contributed by atoms with Crippen LogP contribution in [0.4, 0.5) is 0 Å². The van der Waals surface area contributed by atoms with Crippen molar-refractivity contribution < 1.29 is 4.52 Å². The van der Waals surface area contributed by atoms with Crippen molar-refractivity contribution in [3.8, 4) is 11.6 Å². The van der Waals surface area contributed by atoms with Gasteiger partial charge in [0.05, 0.1) is 6.42 Å². The molecule has 6 nitrogen and oxygen atoms in total. The smallest absolute Gasteiger partial charge is 0.239 e. The van der Waals surface area contributed by atoms with Crippen LogP contribution < -0.4 is 0 Å². The molecular weight excluding hydrogens is 226 g/mol. The van der Waals surface area contributed by atoms with E-state index in [1.54, 1.807) is 11.3 Å². The molecule has 0 amide bonds. The average molecular weight is 233 g/mol. The van der Waals surface area contributed by atoms with Crippen LogP contribution in [0.3, 0.4) is 0 Å². The van der Waals surface area contributed by atoms with Crippen molar-refractivity contribution in [2.45, 2.75) is 6.42 Å². The van der Waals surface area contributed by atoms with Crippen LogP contribution >= 0.6 is 11.3 Å². The topological polar surface area (TPSA) is 80.5 Å². The van der Waals surface area contributed by atoms with Gasteiger partial charge in [0.1, 0.15) is 6.33 Å². The molecule has 3 heterocycles. The molecule has 16 heavy (non-hydrogen) atoms. The zero-order valence-corrected chi connectivity index (χ0v) is 8.94. The van der Waals surface area contributed by atoms with Crippen LogP contribution in [-0.4, -0.2) is 25.3 Å². The van der Waals surface area contributed by atoms with Crippen LogP contribution in [0.1, 0.15) is 10.8 Å². The molecule has 7 heteroatoms. The van der Waals surface area contributed by atoms with Crippen LogP contribution in [0.15, 0.2) is 28.4 Å². The number of nitrogens with zero attached hydrogens (tertiary/aromatic N) is 4. The van der Waals surface area contributed by atoms with Crippen molar-refractivity contribution in [2.24, 2.45) is 0 Å². The Labute approximate surface area is 94.4 Å². The molecule has 0 saturated carbocycles. The minimum atomic E-state index is 0.434. The third kappa shape index (κ3) is 1.72. The minimum absolute atomic E-state index is 0.434. The van der Waals surface area contributed by atoms with E-state index in [1.807, 2.05) is 17.5 Å². The Balaban J connectivity index is 1.83. The number of hydrogen-bond acceptors (Lipinski definition) is 6. The first-order chi connectivity index (χ1) is 7.92. The van der Waals surface area contributed by atoms with Crippen molar-refractivity contribution in [3.63, 3.8) is 0 Å². The highest BCUT2D eigenvalue weighted by Crippen LogP contribution is 2.15. The van der Waals surface area contributed by atoms with Crippen molar-refractivity contribution in [3.05, 3.63) is 34.6 Å². The van der Waals surface area contributed by atoms with Crippen LogP contribution in [0, 0.1) is 0 Å². The second-order valence-electron chi connectivity index (χ2n) is 3.10. The number of H-pyrrole nitrogens is 1. The Bertz CT molecular complexity index is 557. The third-order valence-electron chi connectivity index (χ3n) is 2.00. The highest BCUT2D eigenvalue weighted by molar-refractivity contribution is 7.09. The van der Waals surface area contributed by atoms with Gasteiger partial charge in [-0.25, -0.2) is 4.98 Å². The van der Waals surface area contributed by atoms with Gasteiger partial charge in [-0.3, -0.25) is 5.10 Å². The molecular formula is C9H7N5OS. The number of aromatic amines is 1. The second kappa shape index (κ2) is 3.86. The Morgan fingerprint density at radius 2 is 2.44 bits per heavy atom. The lowest BCUT2D eigenvalue weighted by Crippen LogP contribution is -1.86. The summed E-state index contributed by atoms with van der Waals surface area (Å²) in [4.78, 5) is 9.36. The molecule has 0 aromatic carbocycles. The molecule has 0 saturated heterocycles. The molecule has 3 rings (SSSR count). The molecule has 0 bridgehead atoms. The van der Waals surface area contributed by atoms with Gasteiger partial charge in [-0.05, 0) is 11.4 Å². The van der Waals surface area contributed by atoms with Crippen molar-refractivity contribution >= 4 is 11.3 Å². The van der Waals surface area contributed by atoms with E-state index in [9.17, 15) is 0 Å². The predicted molar refractivity (Wildman–Crippen MR) is 56.8 cm³/mol. The van der Waals surface area contributed by atoms with E-state index in [0.29, 0.717) is 24.0 Å². The molecule has 3 aromatic rings. The normalized spacial score (nSPS) is 10.8. The summed E-state index contributed by atoms with van der Waals surface area (Å²) in [6.45, 7) is 0. The maximum absolute atomic E-state index is 5.12. The molecule has 0 unspecified atom stereocenters. The highest BCUT2D eigenvalue weighted by atomic mass is 32.1. The summed E-state index contributed by atoms with van der Waals surface area (Å²) in [6.07, 6.45) is 2.06. The standard InChI is InChI=1S/C9H7N5OS/c1-2-6(16-3-1)4-7-12-9(14-15-7)8-10-5-11-13-8/h1-3,5H,4H2,(H,10,11,13). The van der Waals surface area contributed by atoms with Gasteiger partial charge < -0.3 is 4.52 Å². The first-order valence-corrected chi connectivity index (χ1v) is 5.50. The summed E-state index contributed by atoms with van der Waals surface area (Å²) in [5, 5.41) is 12.3. The summed E-state index contributed by atoms with van der Waals surface area (Å²) < 4.78 is 5.12. The van der Waals surface area contributed by atoms with Crippen LogP contribution in [-0.2, 0) is 6.42 Å². The lowest BCUT2D eigenvalue weighted by atomic mass is 10.3. The maximum atomic E-state index is 5.12. The zero-order valence-electron chi connectivity index (χ0n) is 8.12. The van der Waals surface area contributed by atoms with Crippen LogP contribution in [0.5, 0.6) is 0 Å². The van der Waals surface area contributed by atoms with Gasteiger partial charge >= 0.3 is 0 Å². The van der Waals surface area contributed by atoms with E-state index in [1.165, 1.54) is 11.2 Å². The van der Waals surface area contributed by atoms with Crippen LogP contribution in [0.25, 0.3) is 11.6 Å². The lowest BCUT2D eigenvalue weighted by molar-refractivity contribution is 0.386. The van der Waals surface area contributed by atoms with Crippen molar-refractivity contribution in [2.75, 3.05) is 0 Å². The van der Waals surface area contributed by atoms with Crippen molar-refractivity contribution in [1.82, 2.24) is 25.3 Å².